The molecule has 3 heterocycles. The van der Waals surface area contributed by atoms with E-state index in [-0.39, 0.29) is 53.0 Å². The first-order valence-electron chi connectivity index (χ1n) is 13.0. The number of nitrogens with one attached hydrogen (secondary N) is 1. The highest BCUT2D eigenvalue weighted by Crippen LogP contribution is 2.36. The molecule has 0 atom stereocenters. The number of pyridine rings is 1. The lowest BCUT2D eigenvalue weighted by Gasteiger charge is -2.19. The summed E-state index contributed by atoms with van der Waals surface area (Å²) in [5, 5.41) is 6.66. The predicted octanol–water partition coefficient (Wildman–Crippen LogP) is 7.39. The number of allylic oxidation sites excluding steroid dienone is 3. The molecular weight excluding hydrogens is 580 g/mol. The fraction of sp³-hybridized carbons (Fsp3) is 0.310. The van der Waals surface area contributed by atoms with Crippen molar-refractivity contribution in [2.75, 3.05) is 19.0 Å². The molecule has 0 aliphatic carbocycles. The lowest BCUT2D eigenvalue weighted by Crippen LogP contribution is -2.17. The van der Waals surface area contributed by atoms with Crippen LogP contribution in [0, 0.1) is 6.92 Å². The number of ether oxygens (including phenoxy) is 2. The zero-order valence-corrected chi connectivity index (χ0v) is 23.5. The van der Waals surface area contributed by atoms with Gasteiger partial charge in [0, 0.05) is 47.4 Å². The van der Waals surface area contributed by atoms with Gasteiger partial charge in [-0.25, -0.2) is 14.5 Å². The number of rotatable bonds is 6. The quantitative estimate of drug-likeness (QED) is 0.232. The van der Waals surface area contributed by atoms with Crippen molar-refractivity contribution in [1.29, 1.82) is 0 Å². The Balaban J connectivity index is 1.95. The van der Waals surface area contributed by atoms with Crippen LogP contribution in [-0.4, -0.2) is 40.3 Å². The van der Waals surface area contributed by atoms with Crippen LogP contribution in [0.4, 0.5) is 32.0 Å². The van der Waals surface area contributed by atoms with E-state index in [1.807, 2.05) is 0 Å². The highest BCUT2D eigenvalue weighted by atomic mass is 19.4. The second kappa shape index (κ2) is 12.3. The lowest BCUT2D eigenvalue weighted by molar-refractivity contribution is -0.141. The van der Waals surface area contributed by atoms with Crippen molar-refractivity contribution in [1.82, 2.24) is 14.8 Å². The number of hydrogen-bond donors (Lipinski definition) is 1. The molecule has 1 N–H and O–H groups in total. The molecule has 4 rings (SSSR count). The number of carbonyl (C=O) groups excluding carboxylic acids is 1. The number of methoxy groups -OCH3 is 1. The number of aromatic nitrogens is 3. The van der Waals surface area contributed by atoms with Crippen LogP contribution in [0.2, 0.25) is 0 Å². The molecule has 0 bridgehead atoms. The number of esters is 1. The van der Waals surface area contributed by atoms with E-state index in [2.05, 4.69) is 20.4 Å². The molecule has 8 nitrogen and oxygen atoms in total. The number of hydrogen-bond acceptors (Lipinski definition) is 7. The van der Waals surface area contributed by atoms with Crippen LogP contribution in [0.1, 0.15) is 59.6 Å². The van der Waals surface area contributed by atoms with Crippen LogP contribution in [0.3, 0.4) is 0 Å². The van der Waals surface area contributed by atoms with Gasteiger partial charge in [0.25, 0.3) is 0 Å². The Hall–Kier alpha value is -4.62. The van der Waals surface area contributed by atoms with Gasteiger partial charge >= 0.3 is 18.3 Å². The molecule has 0 saturated heterocycles. The Morgan fingerprint density at radius 2 is 1.74 bits per heavy atom. The zero-order chi connectivity index (χ0) is 31.5. The Kier molecular flexibility index (Phi) is 8.97. The summed E-state index contributed by atoms with van der Waals surface area (Å²) in [4.78, 5) is 21.2. The highest BCUT2D eigenvalue weighted by molar-refractivity contribution is 6.02. The van der Waals surface area contributed by atoms with Crippen LogP contribution < -0.4 is 10.1 Å². The minimum Gasteiger partial charge on any atom is -0.497 e. The molecule has 0 fully saturated rings. The molecule has 1 aromatic carbocycles. The third-order valence-corrected chi connectivity index (χ3v) is 6.33. The largest absolute Gasteiger partial charge is 0.497 e. The maximum atomic E-state index is 13.6. The fourth-order valence-electron chi connectivity index (χ4n) is 4.27. The number of carbonyl (C=O) groups is 1. The first kappa shape index (κ1) is 31.3. The van der Waals surface area contributed by atoms with Crippen LogP contribution in [0.5, 0.6) is 5.75 Å². The topological polar surface area (TPSA) is 90.6 Å². The smallest absolute Gasteiger partial charge is 0.435 e. The van der Waals surface area contributed by atoms with Gasteiger partial charge in [-0.05, 0) is 51.5 Å². The summed E-state index contributed by atoms with van der Waals surface area (Å²) in [6.07, 6.45) is -4.42. The second-order valence-electron chi connectivity index (χ2n) is 9.62. The lowest BCUT2D eigenvalue weighted by atomic mass is 10.00. The van der Waals surface area contributed by atoms with Gasteiger partial charge in [0.1, 0.15) is 11.6 Å². The van der Waals surface area contributed by atoms with Crippen molar-refractivity contribution in [2.24, 2.45) is 4.99 Å². The minimum atomic E-state index is -4.76. The van der Waals surface area contributed by atoms with Crippen LogP contribution in [-0.2, 0) is 17.1 Å². The molecule has 0 spiro atoms. The van der Waals surface area contributed by atoms with E-state index in [1.165, 1.54) is 38.6 Å². The standard InChI is InChI=1S/C29H27F6N5O3/c1-5-43-27(41)19-10-18(14-36-15-19)23-8-16(2)6-7-25(37-21-11-20(28(30,31)32)12-22(13-21)42-4)38-26(23)40-17(3)9-24(39-40)29(33,34)35/h8-15H,5-7H2,1-4H3,(H,37,38). The van der Waals surface area contributed by atoms with E-state index in [9.17, 15) is 31.1 Å². The summed E-state index contributed by atoms with van der Waals surface area (Å²) in [6, 6.07) is 5.39. The fourth-order valence-corrected chi connectivity index (χ4v) is 4.27. The zero-order valence-electron chi connectivity index (χ0n) is 23.5. The van der Waals surface area contributed by atoms with Crippen LogP contribution in [0.25, 0.3) is 11.4 Å². The molecule has 1 aliphatic rings. The van der Waals surface area contributed by atoms with Crippen LogP contribution in [0.15, 0.2) is 59.4 Å². The van der Waals surface area contributed by atoms with Gasteiger partial charge < -0.3 is 14.8 Å². The molecule has 0 amide bonds. The Labute approximate surface area is 242 Å². The average molecular weight is 608 g/mol. The van der Waals surface area contributed by atoms with E-state index < -0.39 is 29.6 Å². The first-order chi connectivity index (χ1) is 20.2. The Bertz CT molecular complexity index is 1620. The summed E-state index contributed by atoms with van der Waals surface area (Å²) in [7, 11) is 1.23. The number of aryl methyl sites for hydroxylation is 1. The number of alkyl halides is 6. The molecule has 43 heavy (non-hydrogen) atoms. The Morgan fingerprint density at radius 3 is 2.37 bits per heavy atom. The minimum absolute atomic E-state index is 0.00711. The number of nitrogens with zero attached hydrogens (tertiary/aromatic N) is 4. The number of amidine groups is 1. The van der Waals surface area contributed by atoms with Gasteiger partial charge in [-0.2, -0.15) is 31.4 Å². The predicted molar refractivity (Wildman–Crippen MR) is 147 cm³/mol. The van der Waals surface area contributed by atoms with Crippen LogP contribution >= 0.6 is 0 Å². The molecular formula is C29H27F6N5O3. The van der Waals surface area contributed by atoms with E-state index in [1.54, 1.807) is 19.9 Å². The van der Waals surface area contributed by atoms with Crippen molar-refractivity contribution >= 4 is 28.9 Å². The third-order valence-electron chi connectivity index (χ3n) is 6.33. The van der Waals surface area contributed by atoms with Gasteiger partial charge in [-0.3, -0.25) is 4.98 Å². The van der Waals surface area contributed by atoms with E-state index >= 15 is 0 Å². The van der Waals surface area contributed by atoms with Crippen molar-refractivity contribution in [3.05, 3.63) is 82.5 Å². The van der Waals surface area contributed by atoms with Gasteiger partial charge in [0.15, 0.2) is 11.5 Å². The van der Waals surface area contributed by atoms with Gasteiger partial charge in [-0.15, -0.1) is 0 Å². The molecule has 228 valence electrons. The second-order valence-corrected chi connectivity index (χ2v) is 9.62. The number of aliphatic imine (C=N–C) groups is 1. The molecule has 2 aromatic heterocycles. The normalized spacial score (nSPS) is 14.5. The highest BCUT2D eigenvalue weighted by Gasteiger charge is 2.35. The average Bonchev–Trinajstić information content (AvgIpc) is 3.33. The van der Waals surface area contributed by atoms with Crippen molar-refractivity contribution in [3.8, 4) is 5.75 Å². The molecule has 0 radical (unpaired) electrons. The summed E-state index contributed by atoms with van der Waals surface area (Å²) in [6.45, 7) is 4.95. The number of anilines is 1. The van der Waals surface area contributed by atoms with E-state index in [4.69, 9.17) is 9.47 Å². The summed E-state index contributed by atoms with van der Waals surface area (Å²) in [5.41, 5.74) is -0.557. The maximum absolute atomic E-state index is 13.6. The monoisotopic (exact) mass is 607 g/mol. The van der Waals surface area contributed by atoms with E-state index in [0.717, 1.165) is 28.5 Å². The summed E-state index contributed by atoms with van der Waals surface area (Å²) < 4.78 is 92.7. The number of halogens is 6. The van der Waals surface area contributed by atoms with Crippen molar-refractivity contribution in [3.63, 3.8) is 0 Å². The SMILES string of the molecule is CCOC(=O)c1cncc(C2=C(n3nc(C(F)(F)F)cc3C)N=C(Nc3cc(OC)cc(C(F)(F)F)c3)CCC(C)=C2)c1. The molecule has 1 aliphatic heterocycles. The third kappa shape index (κ3) is 7.43. The van der Waals surface area contributed by atoms with Crippen molar-refractivity contribution < 1.29 is 40.6 Å². The summed E-state index contributed by atoms with van der Waals surface area (Å²) >= 11 is 0. The maximum Gasteiger partial charge on any atom is 0.435 e. The van der Waals surface area contributed by atoms with Gasteiger partial charge in [0.05, 0.1) is 24.8 Å². The summed E-state index contributed by atoms with van der Waals surface area (Å²) in [5.74, 6) is -0.629. The van der Waals surface area contributed by atoms with Crippen molar-refractivity contribution in [2.45, 2.75) is 46.0 Å². The molecule has 0 unspecified atom stereocenters. The molecule has 14 heteroatoms. The number of benzene rings is 1. The van der Waals surface area contributed by atoms with Gasteiger partial charge in [0.2, 0.25) is 0 Å². The van der Waals surface area contributed by atoms with Gasteiger partial charge in [-0.1, -0.05) is 11.6 Å². The Morgan fingerprint density at radius 1 is 1.00 bits per heavy atom. The molecule has 0 saturated carbocycles. The first-order valence-corrected chi connectivity index (χ1v) is 13.0. The van der Waals surface area contributed by atoms with E-state index in [0.29, 0.717) is 12.0 Å². The molecule has 3 aromatic rings.